The van der Waals surface area contributed by atoms with Crippen molar-refractivity contribution in [3.8, 4) is 11.1 Å². The van der Waals surface area contributed by atoms with Crippen LogP contribution in [-0.2, 0) is 28.7 Å². The third-order valence-electron chi connectivity index (χ3n) is 11.6. The van der Waals surface area contributed by atoms with Crippen molar-refractivity contribution in [3.63, 3.8) is 0 Å². The fourth-order valence-electron chi connectivity index (χ4n) is 8.49. The number of allylic oxidation sites excluding steroid dienone is 1. The summed E-state index contributed by atoms with van der Waals surface area (Å²) in [6, 6.07) is 26.4. The Bertz CT molecular complexity index is 1840. The number of hydrogen-bond donors (Lipinski definition) is 2. The molecule has 2 heterocycles. The third-order valence-corrected chi connectivity index (χ3v) is 11.6. The van der Waals surface area contributed by atoms with Crippen molar-refractivity contribution in [1.29, 1.82) is 0 Å². The van der Waals surface area contributed by atoms with Crippen LogP contribution in [0.1, 0.15) is 102 Å². The van der Waals surface area contributed by atoms with Gasteiger partial charge in [-0.2, -0.15) is 0 Å². The topological polar surface area (TPSA) is 127 Å². The summed E-state index contributed by atoms with van der Waals surface area (Å²) in [5.41, 5.74) is 11.3. The van der Waals surface area contributed by atoms with Gasteiger partial charge >= 0.3 is 6.09 Å². The van der Waals surface area contributed by atoms with Gasteiger partial charge in [0.2, 0.25) is 17.7 Å². The number of ether oxygens (including phenoxy) is 2. The third kappa shape index (κ3) is 12.0. The molecular weight excluding hydrogens is 745 g/mol. The van der Waals surface area contributed by atoms with Crippen LogP contribution < -0.4 is 10.9 Å². The summed E-state index contributed by atoms with van der Waals surface area (Å²) in [6.07, 6.45) is 7.82. The molecule has 0 saturated carbocycles. The van der Waals surface area contributed by atoms with Gasteiger partial charge in [0.05, 0.1) is 11.8 Å². The summed E-state index contributed by atoms with van der Waals surface area (Å²) in [7, 11) is 0. The van der Waals surface area contributed by atoms with Gasteiger partial charge in [0.1, 0.15) is 6.61 Å². The average molecular weight is 807 g/mol. The largest absolute Gasteiger partial charge is 0.448 e. The molecule has 1 aliphatic carbocycles. The van der Waals surface area contributed by atoms with Crippen LogP contribution in [0.3, 0.4) is 0 Å². The molecule has 6 rings (SSSR count). The highest BCUT2D eigenvalue weighted by atomic mass is 16.8. The lowest BCUT2D eigenvalue weighted by molar-refractivity contribution is -0.203. The zero-order valence-electron chi connectivity index (χ0n) is 35.1. The molecule has 3 aromatic rings. The van der Waals surface area contributed by atoms with Crippen molar-refractivity contribution in [3.05, 3.63) is 102 Å². The average Bonchev–Trinajstić information content (AvgIpc) is 3.56. The van der Waals surface area contributed by atoms with Gasteiger partial charge in [-0.1, -0.05) is 119 Å². The summed E-state index contributed by atoms with van der Waals surface area (Å²) in [5, 5.41) is 1.44. The smallest absolute Gasteiger partial charge is 0.409 e. The van der Waals surface area contributed by atoms with E-state index in [4.69, 9.17) is 14.3 Å². The van der Waals surface area contributed by atoms with Crippen molar-refractivity contribution < 1.29 is 33.5 Å². The molecule has 0 spiro atoms. The Morgan fingerprint density at radius 1 is 0.814 bits per heavy atom. The quantitative estimate of drug-likeness (QED) is 0.139. The van der Waals surface area contributed by atoms with Gasteiger partial charge in [0, 0.05) is 45.0 Å². The first kappa shape index (κ1) is 43.6. The molecule has 0 radical (unpaired) electrons. The summed E-state index contributed by atoms with van der Waals surface area (Å²) in [5.74, 6) is -2.26. The second-order valence-electron chi connectivity index (χ2n) is 17.1. The van der Waals surface area contributed by atoms with E-state index in [-0.39, 0.29) is 54.6 Å². The molecule has 2 aliphatic heterocycles. The van der Waals surface area contributed by atoms with Crippen molar-refractivity contribution >= 4 is 29.9 Å². The first-order chi connectivity index (χ1) is 28.6. The lowest BCUT2D eigenvalue weighted by Crippen LogP contribution is -2.53. The van der Waals surface area contributed by atoms with E-state index in [1.807, 2.05) is 94.4 Å². The number of fused-ring (bicyclic) bond motifs is 3. The maximum atomic E-state index is 14.3. The number of hydrazine groups is 1. The van der Waals surface area contributed by atoms with Crippen LogP contribution >= 0.6 is 0 Å². The predicted octanol–water partition coefficient (Wildman–Crippen LogP) is 8.51. The van der Waals surface area contributed by atoms with E-state index in [0.717, 1.165) is 18.4 Å². The molecular formula is C48H62N4O7. The predicted molar refractivity (Wildman–Crippen MR) is 228 cm³/mol. The van der Waals surface area contributed by atoms with Crippen LogP contribution in [0, 0.1) is 29.6 Å². The second-order valence-corrected chi connectivity index (χ2v) is 17.1. The van der Waals surface area contributed by atoms with Gasteiger partial charge in [-0.25, -0.2) is 15.1 Å². The van der Waals surface area contributed by atoms with E-state index in [0.29, 0.717) is 58.3 Å². The van der Waals surface area contributed by atoms with Crippen molar-refractivity contribution in [2.24, 2.45) is 29.6 Å². The summed E-state index contributed by atoms with van der Waals surface area (Å²) in [6.45, 7) is 10.2. The second kappa shape index (κ2) is 21.3. The van der Waals surface area contributed by atoms with Crippen LogP contribution in [-0.4, -0.2) is 72.9 Å². The van der Waals surface area contributed by atoms with E-state index in [2.05, 4.69) is 35.2 Å². The Labute approximate surface area is 349 Å². The lowest BCUT2D eigenvalue weighted by Gasteiger charge is -2.34. The van der Waals surface area contributed by atoms with Crippen LogP contribution in [0.4, 0.5) is 4.79 Å². The number of hydrogen-bond acceptors (Lipinski definition) is 7. The van der Waals surface area contributed by atoms with E-state index in [1.165, 1.54) is 27.3 Å². The Hall–Kier alpha value is -5.00. The Morgan fingerprint density at radius 2 is 1.47 bits per heavy atom. The minimum absolute atomic E-state index is 0.0105. The maximum absolute atomic E-state index is 14.3. The Morgan fingerprint density at radius 3 is 2.10 bits per heavy atom. The summed E-state index contributed by atoms with van der Waals surface area (Å²) >= 11 is 0. The molecule has 59 heavy (non-hydrogen) atoms. The van der Waals surface area contributed by atoms with E-state index in [1.54, 1.807) is 4.90 Å². The molecule has 11 nitrogen and oxygen atoms in total. The van der Waals surface area contributed by atoms with Crippen LogP contribution in [0.25, 0.3) is 17.2 Å². The van der Waals surface area contributed by atoms with Crippen LogP contribution in [0.15, 0.2) is 84.9 Å². The van der Waals surface area contributed by atoms with Crippen molar-refractivity contribution in [1.82, 2.24) is 20.8 Å². The molecule has 2 fully saturated rings. The number of rotatable bonds is 16. The number of carbonyl (C=O) groups excluding carboxylic acids is 4. The number of benzene rings is 3. The van der Waals surface area contributed by atoms with Gasteiger partial charge in [-0.3, -0.25) is 24.8 Å². The number of piperidine rings is 1. The minimum Gasteiger partial charge on any atom is -0.448 e. The number of carbonyl (C=O) groups is 4. The van der Waals surface area contributed by atoms with Gasteiger partial charge in [0.25, 0.3) is 0 Å². The highest BCUT2D eigenvalue weighted by molar-refractivity contribution is 5.89. The molecule has 2 saturated heterocycles. The molecule has 0 bridgehead atoms. The molecule has 316 valence electrons. The molecule has 2 N–H and O–H groups in total. The zero-order chi connectivity index (χ0) is 41.7. The monoisotopic (exact) mass is 806 g/mol. The minimum atomic E-state index is -0.765. The van der Waals surface area contributed by atoms with Gasteiger partial charge in [-0.05, 0) is 84.1 Å². The molecule has 3 aliphatic rings. The number of likely N-dealkylation sites (tertiary alicyclic amines) is 1. The normalized spacial score (nSPS) is 18.0. The Kier molecular flexibility index (Phi) is 15.7. The summed E-state index contributed by atoms with van der Waals surface area (Å²) in [4.78, 5) is 62.9. The molecule has 3 aromatic carbocycles. The van der Waals surface area contributed by atoms with E-state index in [9.17, 15) is 19.2 Å². The standard InChI is InChI=1S/C48H62N4O7/c1-33(2)29-42(41(22-14-17-35-15-6-5-7-16-35)47(55)50-59-45-23-12-13-28-57-45)46(54)49-52(31-34(3)4)44(53)30-36-24-26-51(27-25-36)48(56)58-32-43-39-20-10-8-18-37(39)38-19-9-11-21-40(38)43/h5-11,14-21,33-34,36,41-43,45H,12-13,22-32H2,1-4H3,(H,49,54)(H,50,55)/b17-14+/t41-,42+,45?/m0/s1. The first-order valence-corrected chi connectivity index (χ1v) is 21.6. The number of nitrogens with one attached hydrogen (secondary N) is 2. The highest BCUT2D eigenvalue weighted by Crippen LogP contribution is 2.44. The molecule has 11 heteroatoms. The summed E-state index contributed by atoms with van der Waals surface area (Å²) < 4.78 is 11.6. The zero-order valence-corrected chi connectivity index (χ0v) is 35.1. The Balaban J connectivity index is 1.06. The fourth-order valence-corrected chi connectivity index (χ4v) is 8.49. The van der Waals surface area contributed by atoms with Gasteiger partial charge in [-0.15, -0.1) is 0 Å². The van der Waals surface area contributed by atoms with Crippen LogP contribution in [0.5, 0.6) is 0 Å². The van der Waals surface area contributed by atoms with Gasteiger partial charge < -0.3 is 14.4 Å². The fraction of sp³-hybridized carbons (Fsp3) is 0.500. The highest BCUT2D eigenvalue weighted by Gasteiger charge is 2.37. The lowest BCUT2D eigenvalue weighted by atomic mass is 9.82. The van der Waals surface area contributed by atoms with Crippen molar-refractivity contribution in [2.75, 3.05) is 32.8 Å². The molecule has 4 amide bonds. The molecule has 1 unspecified atom stereocenters. The molecule has 0 aromatic heterocycles. The number of nitrogens with zero attached hydrogens (tertiary/aromatic N) is 2. The number of hydroxylamine groups is 1. The van der Waals surface area contributed by atoms with E-state index < -0.39 is 24.0 Å². The SMILES string of the molecule is CC(C)C[C@@H](C(=O)NN(CC(C)C)C(=O)CC1CCN(C(=O)OCC2c3ccccc3-c3ccccc32)CC1)[C@H](C/C=C/c1ccccc1)C(=O)NOC1CCCCO1. The van der Waals surface area contributed by atoms with E-state index >= 15 is 0 Å². The maximum Gasteiger partial charge on any atom is 0.409 e. The van der Waals surface area contributed by atoms with Gasteiger partial charge in [0.15, 0.2) is 6.29 Å². The molecule has 3 atom stereocenters. The first-order valence-electron chi connectivity index (χ1n) is 21.6. The number of amides is 4. The van der Waals surface area contributed by atoms with Crippen LogP contribution in [0.2, 0.25) is 0 Å². The van der Waals surface area contributed by atoms with Crippen molar-refractivity contribution in [2.45, 2.75) is 91.3 Å².